The van der Waals surface area contributed by atoms with Crippen LogP contribution in [0.1, 0.15) is 0 Å². The van der Waals surface area contributed by atoms with Crippen molar-refractivity contribution in [1.29, 1.82) is 0 Å². The monoisotopic (exact) mass is 252 g/mol. The maximum atomic E-state index is 10.5. The topological polar surface area (TPSA) is 90.8 Å². The second kappa shape index (κ2) is 4.83. The molecule has 0 heterocycles. The van der Waals surface area contributed by atoms with Gasteiger partial charge in [0.15, 0.2) is 0 Å². The molecule has 0 radical (unpaired) electrons. The highest BCUT2D eigenvalue weighted by atomic mass is 35.5. The number of methoxy groups -OCH3 is 1. The van der Waals surface area contributed by atoms with E-state index in [9.17, 15) is 4.57 Å². The molecule has 84 valence electrons. The van der Waals surface area contributed by atoms with E-state index in [4.69, 9.17) is 26.1 Å². The van der Waals surface area contributed by atoms with Gasteiger partial charge in [-0.2, -0.15) is 0 Å². The first-order valence-corrected chi connectivity index (χ1v) is 5.83. The number of anilines is 1. The van der Waals surface area contributed by atoms with Crippen LogP contribution in [-0.2, 0) is 4.57 Å². The van der Waals surface area contributed by atoms with Gasteiger partial charge < -0.3 is 19.9 Å². The van der Waals surface area contributed by atoms with Crippen LogP contribution in [0.25, 0.3) is 0 Å². The first kappa shape index (κ1) is 12.3. The zero-order valence-corrected chi connectivity index (χ0v) is 9.42. The van der Waals surface area contributed by atoms with Crippen molar-refractivity contribution in [1.82, 2.24) is 5.20 Å². The number of hydrogen-bond donors (Lipinski definition) is 4. The molecule has 15 heavy (non-hydrogen) atoms. The van der Waals surface area contributed by atoms with Gasteiger partial charge in [0.1, 0.15) is 5.75 Å². The van der Waals surface area contributed by atoms with E-state index in [1.807, 2.05) is 5.20 Å². The summed E-state index contributed by atoms with van der Waals surface area (Å²) in [6.45, 7) is 0. The molecule has 0 aliphatic heterocycles. The van der Waals surface area contributed by atoms with Gasteiger partial charge in [-0.1, -0.05) is 11.6 Å². The molecule has 1 rings (SSSR count). The quantitative estimate of drug-likeness (QED) is 0.478. The molecule has 0 saturated heterocycles. The molecule has 8 heteroatoms. The number of halogens is 1. The summed E-state index contributed by atoms with van der Waals surface area (Å²) in [5.41, 5.74) is 2.71. The normalized spacial score (nSPS) is 11.2. The number of rotatable bonds is 4. The lowest BCUT2D eigenvalue weighted by Gasteiger charge is -2.10. The second-order valence-corrected chi connectivity index (χ2v) is 4.41. The zero-order valence-electron chi connectivity index (χ0n) is 7.77. The Bertz CT molecular complexity index is 395. The minimum atomic E-state index is -4.31. The summed E-state index contributed by atoms with van der Waals surface area (Å²) >= 11 is 5.74. The highest BCUT2D eigenvalue weighted by Gasteiger charge is 2.11. The average molecular weight is 253 g/mol. The fourth-order valence-electron chi connectivity index (χ4n) is 0.890. The molecule has 0 aliphatic carbocycles. The average Bonchev–Trinajstić information content (AvgIpc) is 2.13. The van der Waals surface area contributed by atoms with Crippen LogP contribution in [0.3, 0.4) is 0 Å². The van der Waals surface area contributed by atoms with Gasteiger partial charge in [-0.25, -0.2) is 4.57 Å². The first-order chi connectivity index (χ1) is 6.90. The van der Waals surface area contributed by atoms with E-state index in [1.165, 1.54) is 19.2 Å². The number of hydrazine groups is 1. The van der Waals surface area contributed by atoms with Crippen LogP contribution in [0.15, 0.2) is 18.2 Å². The van der Waals surface area contributed by atoms with E-state index in [-0.39, 0.29) is 0 Å². The number of ether oxygens (including phenoxy) is 1. The van der Waals surface area contributed by atoms with Crippen LogP contribution in [0.2, 0.25) is 5.02 Å². The molecule has 0 unspecified atom stereocenters. The SMILES string of the molecule is COc1cc(Cl)cc(NNP(=O)(O)O)c1. The predicted octanol–water partition coefficient (Wildman–Crippen LogP) is 1.36. The molecule has 1 aromatic rings. The molecule has 0 atom stereocenters. The third-order valence-electron chi connectivity index (χ3n) is 1.45. The van der Waals surface area contributed by atoms with Gasteiger partial charge in [-0.15, -0.1) is 5.20 Å². The molecule has 6 nitrogen and oxygen atoms in total. The molecule has 0 fully saturated rings. The van der Waals surface area contributed by atoms with Crippen LogP contribution < -0.4 is 15.4 Å². The Morgan fingerprint density at radius 3 is 2.60 bits per heavy atom. The summed E-state index contributed by atoms with van der Waals surface area (Å²) in [7, 11) is -2.85. The van der Waals surface area contributed by atoms with Gasteiger partial charge in [0.05, 0.1) is 12.8 Å². The Balaban J connectivity index is 2.77. The lowest BCUT2D eigenvalue weighted by atomic mass is 10.3. The molecule has 0 bridgehead atoms. The van der Waals surface area contributed by atoms with E-state index in [0.717, 1.165) is 0 Å². The van der Waals surface area contributed by atoms with E-state index in [2.05, 4.69) is 5.43 Å². The summed E-state index contributed by atoms with van der Waals surface area (Å²) in [6.07, 6.45) is 0. The fraction of sp³-hybridized carbons (Fsp3) is 0.143. The van der Waals surface area contributed by atoms with E-state index >= 15 is 0 Å². The summed E-state index contributed by atoms with van der Waals surface area (Å²) in [5, 5.41) is 2.21. The highest BCUT2D eigenvalue weighted by molar-refractivity contribution is 7.49. The van der Waals surface area contributed by atoms with E-state index in [1.54, 1.807) is 6.07 Å². The van der Waals surface area contributed by atoms with Crippen molar-refractivity contribution in [3.05, 3.63) is 23.2 Å². The Labute approximate surface area is 91.4 Å². The molecule has 0 amide bonds. The van der Waals surface area contributed by atoms with E-state index < -0.39 is 7.75 Å². The Hall–Kier alpha value is -0.780. The highest BCUT2D eigenvalue weighted by Crippen LogP contribution is 2.29. The summed E-state index contributed by atoms with van der Waals surface area (Å²) in [6, 6.07) is 4.60. The van der Waals surface area contributed by atoms with Gasteiger partial charge in [0.2, 0.25) is 0 Å². The largest absolute Gasteiger partial charge is 0.497 e. The first-order valence-electron chi connectivity index (χ1n) is 3.84. The molecule has 0 spiro atoms. The van der Waals surface area contributed by atoms with Crippen molar-refractivity contribution < 1.29 is 19.1 Å². The zero-order chi connectivity index (χ0) is 11.5. The van der Waals surface area contributed by atoms with Crippen LogP contribution >= 0.6 is 19.3 Å². The Kier molecular flexibility index (Phi) is 3.96. The predicted molar refractivity (Wildman–Crippen MR) is 56.8 cm³/mol. The third-order valence-corrected chi connectivity index (χ3v) is 2.07. The van der Waals surface area contributed by atoms with Crippen LogP contribution in [0, 0.1) is 0 Å². The molecule has 0 aliphatic rings. The number of hydrogen-bond acceptors (Lipinski definition) is 3. The van der Waals surface area contributed by atoms with Crippen molar-refractivity contribution in [3.8, 4) is 5.75 Å². The minimum Gasteiger partial charge on any atom is -0.497 e. The van der Waals surface area contributed by atoms with Crippen LogP contribution in [0.4, 0.5) is 5.69 Å². The van der Waals surface area contributed by atoms with Gasteiger partial charge in [0.25, 0.3) is 0 Å². The maximum absolute atomic E-state index is 10.5. The number of nitrogens with one attached hydrogen (secondary N) is 2. The van der Waals surface area contributed by atoms with Gasteiger partial charge in [0, 0.05) is 11.1 Å². The van der Waals surface area contributed by atoms with E-state index in [0.29, 0.717) is 16.5 Å². The Morgan fingerprint density at radius 2 is 2.07 bits per heavy atom. The number of benzene rings is 1. The lowest BCUT2D eigenvalue weighted by Crippen LogP contribution is -2.17. The summed E-state index contributed by atoms with van der Waals surface area (Å²) in [5.74, 6) is 0.484. The molecule has 4 N–H and O–H groups in total. The van der Waals surface area contributed by atoms with Crippen LogP contribution in [0.5, 0.6) is 5.75 Å². The lowest BCUT2D eigenvalue weighted by molar-refractivity contribution is 0.362. The smallest absolute Gasteiger partial charge is 0.417 e. The van der Waals surface area contributed by atoms with Crippen molar-refractivity contribution in [2.24, 2.45) is 0 Å². The van der Waals surface area contributed by atoms with Gasteiger partial charge in [-0.3, -0.25) is 0 Å². The second-order valence-electron chi connectivity index (χ2n) is 2.66. The van der Waals surface area contributed by atoms with Gasteiger partial charge in [-0.05, 0) is 12.1 Å². The van der Waals surface area contributed by atoms with Crippen molar-refractivity contribution in [2.75, 3.05) is 12.5 Å². The summed E-state index contributed by atoms with van der Waals surface area (Å²) < 4.78 is 15.4. The third kappa shape index (κ3) is 4.51. The molecule has 0 aromatic heterocycles. The molecular formula is C7H10ClN2O4P. The Morgan fingerprint density at radius 1 is 1.40 bits per heavy atom. The standard InChI is InChI=1S/C7H10ClN2O4P/c1-14-7-3-5(8)2-6(4-7)9-10-15(11,12)13/h2-4,9H,1H3,(H3,10,11,12,13). The van der Waals surface area contributed by atoms with Gasteiger partial charge >= 0.3 is 7.75 Å². The molecule has 1 aromatic carbocycles. The molecule has 0 saturated carbocycles. The van der Waals surface area contributed by atoms with Crippen molar-refractivity contribution in [3.63, 3.8) is 0 Å². The summed E-state index contributed by atoms with van der Waals surface area (Å²) in [4.78, 5) is 17.1. The minimum absolute atomic E-state index is 0.391. The van der Waals surface area contributed by atoms with Crippen molar-refractivity contribution in [2.45, 2.75) is 0 Å². The molecular weight excluding hydrogens is 243 g/mol. The van der Waals surface area contributed by atoms with Crippen molar-refractivity contribution >= 4 is 25.0 Å². The van der Waals surface area contributed by atoms with Crippen LogP contribution in [-0.4, -0.2) is 16.9 Å². The fourth-order valence-corrected chi connectivity index (χ4v) is 1.39. The maximum Gasteiger partial charge on any atom is 0.417 e.